The number of aromatic nitrogens is 4. The summed E-state index contributed by atoms with van der Waals surface area (Å²) in [6.07, 6.45) is 6.33. The van der Waals surface area contributed by atoms with Gasteiger partial charge in [-0.05, 0) is 42.7 Å². The predicted octanol–water partition coefficient (Wildman–Crippen LogP) is 12.9. The summed E-state index contributed by atoms with van der Waals surface area (Å²) in [6, 6.07) is 60.4. The van der Waals surface area contributed by atoms with E-state index in [2.05, 4.69) is 168 Å². The van der Waals surface area contributed by atoms with E-state index in [0.29, 0.717) is 0 Å². The summed E-state index contributed by atoms with van der Waals surface area (Å²) in [4.78, 5) is 15.7. The van der Waals surface area contributed by atoms with Gasteiger partial charge in [-0.3, -0.25) is 0 Å². The molecule has 0 amide bonds. The number of hydrogen-bond donors (Lipinski definition) is 0. The first-order valence-electron chi connectivity index (χ1n) is 18.9. The molecule has 11 rings (SSSR count). The molecule has 0 saturated carbocycles. The number of allylic oxidation sites excluding steroid dienone is 1. The molecule has 0 fully saturated rings. The number of nitrogens with zero attached hydrogens (tertiary/aromatic N) is 4. The second-order valence-electron chi connectivity index (χ2n) is 14.2. The monoisotopic (exact) mass is 702 g/mol. The van der Waals surface area contributed by atoms with E-state index in [-0.39, 0.29) is 0 Å². The molecule has 258 valence electrons. The summed E-state index contributed by atoms with van der Waals surface area (Å²) >= 11 is 0. The average Bonchev–Trinajstić information content (AvgIpc) is 3.61. The fraction of sp³-hybridized carbons (Fsp3) is 0.0392. The molecule has 0 N–H and O–H groups in total. The van der Waals surface area contributed by atoms with Gasteiger partial charge in [-0.2, -0.15) is 0 Å². The lowest BCUT2D eigenvalue weighted by atomic mass is 9.92. The van der Waals surface area contributed by atoms with Gasteiger partial charge >= 0.3 is 0 Å². The first kappa shape index (κ1) is 31.4. The minimum absolute atomic E-state index is 0.771. The van der Waals surface area contributed by atoms with Crippen LogP contribution in [0.2, 0.25) is 0 Å². The van der Waals surface area contributed by atoms with Crippen LogP contribution in [-0.4, -0.2) is 19.5 Å². The third kappa shape index (κ3) is 5.10. The van der Waals surface area contributed by atoms with Crippen molar-refractivity contribution in [3.05, 3.63) is 187 Å². The second kappa shape index (κ2) is 12.8. The molecule has 10 aromatic rings. The van der Waals surface area contributed by atoms with Gasteiger partial charge in [0.2, 0.25) is 0 Å². The first-order chi connectivity index (χ1) is 27.3. The van der Waals surface area contributed by atoms with Crippen LogP contribution in [0.25, 0.3) is 100 Å². The summed E-state index contributed by atoms with van der Waals surface area (Å²) in [7, 11) is 0. The topological polar surface area (TPSA) is 43.6 Å². The van der Waals surface area contributed by atoms with Crippen molar-refractivity contribution in [2.75, 3.05) is 0 Å². The van der Waals surface area contributed by atoms with Gasteiger partial charge in [0.25, 0.3) is 0 Å². The van der Waals surface area contributed by atoms with E-state index in [1.54, 1.807) is 0 Å². The lowest BCUT2D eigenvalue weighted by Gasteiger charge is -2.17. The van der Waals surface area contributed by atoms with Crippen LogP contribution in [0.4, 0.5) is 0 Å². The minimum atomic E-state index is 0.771. The molecule has 0 bridgehead atoms. The molecular formula is C51H34N4. The Morgan fingerprint density at radius 3 is 1.91 bits per heavy atom. The molecule has 55 heavy (non-hydrogen) atoms. The van der Waals surface area contributed by atoms with Gasteiger partial charge in [-0.1, -0.05) is 158 Å². The molecule has 4 heteroatoms. The van der Waals surface area contributed by atoms with Crippen molar-refractivity contribution >= 4 is 49.6 Å². The number of para-hydroxylation sites is 3. The molecule has 0 atom stereocenters. The van der Waals surface area contributed by atoms with Crippen LogP contribution in [0, 0.1) is 0 Å². The highest BCUT2D eigenvalue weighted by molar-refractivity contribution is 6.30. The molecule has 3 aromatic heterocycles. The fourth-order valence-electron chi connectivity index (χ4n) is 8.53. The van der Waals surface area contributed by atoms with E-state index in [1.165, 1.54) is 27.2 Å². The molecule has 0 radical (unpaired) electrons. The zero-order chi connectivity index (χ0) is 36.3. The van der Waals surface area contributed by atoms with Gasteiger partial charge in [-0.25, -0.2) is 15.0 Å². The maximum absolute atomic E-state index is 5.55. The van der Waals surface area contributed by atoms with Crippen LogP contribution in [0.5, 0.6) is 0 Å². The van der Waals surface area contributed by atoms with E-state index in [0.717, 1.165) is 91.1 Å². The largest absolute Gasteiger partial charge is 0.309 e. The zero-order valence-electron chi connectivity index (χ0n) is 30.0. The van der Waals surface area contributed by atoms with Crippen molar-refractivity contribution in [1.82, 2.24) is 19.5 Å². The number of rotatable bonds is 5. The van der Waals surface area contributed by atoms with Crippen molar-refractivity contribution in [2.45, 2.75) is 12.8 Å². The van der Waals surface area contributed by atoms with Crippen molar-refractivity contribution in [1.29, 1.82) is 0 Å². The molecule has 3 heterocycles. The molecule has 7 aromatic carbocycles. The fourth-order valence-corrected chi connectivity index (χ4v) is 8.53. The normalized spacial score (nSPS) is 12.5. The highest BCUT2D eigenvalue weighted by Crippen LogP contribution is 2.44. The van der Waals surface area contributed by atoms with E-state index >= 15 is 0 Å². The summed E-state index contributed by atoms with van der Waals surface area (Å²) < 4.78 is 2.39. The van der Waals surface area contributed by atoms with Gasteiger partial charge in [-0.15, -0.1) is 0 Å². The van der Waals surface area contributed by atoms with Crippen LogP contribution in [0.15, 0.2) is 176 Å². The second-order valence-corrected chi connectivity index (χ2v) is 14.2. The highest BCUT2D eigenvalue weighted by atomic mass is 15.0. The van der Waals surface area contributed by atoms with Gasteiger partial charge in [0.05, 0.1) is 33.6 Å². The third-order valence-corrected chi connectivity index (χ3v) is 11.0. The Morgan fingerprint density at radius 2 is 1.11 bits per heavy atom. The molecule has 0 aliphatic heterocycles. The van der Waals surface area contributed by atoms with Gasteiger partial charge in [0, 0.05) is 60.4 Å². The van der Waals surface area contributed by atoms with Crippen LogP contribution in [-0.2, 0) is 6.42 Å². The van der Waals surface area contributed by atoms with Crippen molar-refractivity contribution in [2.24, 2.45) is 0 Å². The Morgan fingerprint density at radius 1 is 0.436 bits per heavy atom. The number of hydrogen-bond acceptors (Lipinski definition) is 3. The maximum Gasteiger partial charge on any atom is 0.160 e. The van der Waals surface area contributed by atoms with Gasteiger partial charge < -0.3 is 4.57 Å². The molecular weight excluding hydrogens is 669 g/mol. The highest BCUT2D eigenvalue weighted by Gasteiger charge is 2.21. The summed E-state index contributed by atoms with van der Waals surface area (Å²) in [5, 5.41) is 5.97. The van der Waals surface area contributed by atoms with E-state index in [9.17, 15) is 0 Å². The lowest BCUT2D eigenvalue weighted by molar-refractivity contribution is 0.915. The Kier molecular flexibility index (Phi) is 7.27. The van der Waals surface area contributed by atoms with Crippen LogP contribution >= 0.6 is 0 Å². The van der Waals surface area contributed by atoms with E-state index in [1.807, 2.05) is 18.2 Å². The van der Waals surface area contributed by atoms with E-state index in [4.69, 9.17) is 15.0 Å². The van der Waals surface area contributed by atoms with E-state index < -0.39 is 0 Å². The third-order valence-electron chi connectivity index (χ3n) is 11.0. The average molecular weight is 703 g/mol. The van der Waals surface area contributed by atoms with Gasteiger partial charge in [0.15, 0.2) is 5.82 Å². The van der Waals surface area contributed by atoms with Crippen molar-refractivity contribution in [3.63, 3.8) is 0 Å². The zero-order valence-corrected chi connectivity index (χ0v) is 30.0. The van der Waals surface area contributed by atoms with Gasteiger partial charge in [0.1, 0.15) is 0 Å². The number of aryl methyl sites for hydroxylation is 1. The Labute approximate surface area is 318 Å². The molecule has 0 spiro atoms. The first-order valence-corrected chi connectivity index (χ1v) is 18.9. The van der Waals surface area contributed by atoms with Crippen molar-refractivity contribution < 1.29 is 0 Å². The van der Waals surface area contributed by atoms with Crippen molar-refractivity contribution in [3.8, 4) is 50.7 Å². The smallest absolute Gasteiger partial charge is 0.160 e. The number of pyridine rings is 1. The minimum Gasteiger partial charge on any atom is -0.309 e. The Balaban J connectivity index is 1.15. The van der Waals surface area contributed by atoms with Crippen LogP contribution in [0.3, 0.4) is 0 Å². The molecule has 1 aliphatic carbocycles. The Bertz CT molecular complexity index is 3110. The molecule has 1 aliphatic rings. The number of fused-ring (bicyclic) bond motifs is 8. The summed E-state index contributed by atoms with van der Waals surface area (Å²) in [6.45, 7) is 0. The molecule has 0 unspecified atom stereocenters. The standard InChI is InChI=1S/C51H34N4/c1-4-15-34(16-5-1)49-42-31-32-45-47(40-22-11-13-26-44(40)55(45)37-19-8-3-9-20-37)46(42)41-24-14-23-38(50(41)53-49)33-27-29-35(30-28-33)48-39-21-10-12-25-43(39)52-51(54-48)36-17-6-2-7-18-36/h1-11,13-24,26-32H,12,25H2. The summed E-state index contributed by atoms with van der Waals surface area (Å²) in [5.41, 5.74) is 14.1. The SMILES string of the molecule is C1=Cc2c(nc(-c3ccccc3)nc2-c2ccc(-c3cccc4c3nc(-c3ccccc3)c3ccc5c(c6ccccc6n5-c5ccccc5)c34)cc2)CC1. The Hall–Kier alpha value is -7.17. The lowest BCUT2D eigenvalue weighted by Crippen LogP contribution is -2.05. The predicted molar refractivity (Wildman–Crippen MR) is 228 cm³/mol. The maximum atomic E-state index is 5.55. The number of benzene rings is 7. The molecule has 4 nitrogen and oxygen atoms in total. The quantitative estimate of drug-likeness (QED) is 0.168. The molecule has 0 saturated heterocycles. The summed E-state index contributed by atoms with van der Waals surface area (Å²) in [5.74, 6) is 0.771. The van der Waals surface area contributed by atoms with Crippen LogP contribution in [0.1, 0.15) is 17.7 Å². The van der Waals surface area contributed by atoms with Crippen LogP contribution < -0.4 is 0 Å².